The summed E-state index contributed by atoms with van der Waals surface area (Å²) in [5, 5.41) is 9.23. The monoisotopic (exact) mass is 379 g/mol. The summed E-state index contributed by atoms with van der Waals surface area (Å²) in [5.41, 5.74) is 1.09. The number of aromatic nitrogens is 4. The summed E-state index contributed by atoms with van der Waals surface area (Å²) in [6.07, 6.45) is 1.71. The average molecular weight is 379 g/mol. The Balaban J connectivity index is 1.32. The maximum Gasteiger partial charge on any atom is 0.249 e. The molecule has 1 aliphatic heterocycles. The van der Waals surface area contributed by atoms with Gasteiger partial charge in [0.1, 0.15) is 18.9 Å². The van der Waals surface area contributed by atoms with E-state index < -0.39 is 0 Å². The van der Waals surface area contributed by atoms with Gasteiger partial charge in [0.2, 0.25) is 11.9 Å². The van der Waals surface area contributed by atoms with E-state index in [4.69, 9.17) is 9.47 Å². The first-order valence-electron chi connectivity index (χ1n) is 8.75. The summed E-state index contributed by atoms with van der Waals surface area (Å²) in [7, 11) is 0. The Kier molecular flexibility index (Phi) is 4.96. The Labute approximate surface area is 160 Å². The van der Waals surface area contributed by atoms with Crippen LogP contribution in [0.1, 0.15) is 23.2 Å². The Morgan fingerprint density at radius 3 is 2.75 bits per heavy atom. The van der Waals surface area contributed by atoms with Crippen LogP contribution in [0.15, 0.2) is 42.6 Å². The number of ether oxygens (including phenoxy) is 2. The zero-order valence-corrected chi connectivity index (χ0v) is 14.8. The molecule has 9 heteroatoms. The van der Waals surface area contributed by atoms with Crippen LogP contribution in [0.25, 0.3) is 11.5 Å². The molecule has 4 rings (SSSR count). The lowest BCUT2D eigenvalue weighted by molar-refractivity contribution is -0.116. The van der Waals surface area contributed by atoms with Gasteiger partial charge in [-0.3, -0.25) is 25.0 Å². The van der Waals surface area contributed by atoms with E-state index in [9.17, 15) is 9.59 Å². The van der Waals surface area contributed by atoms with Crippen molar-refractivity contribution in [2.24, 2.45) is 0 Å². The van der Waals surface area contributed by atoms with Crippen LogP contribution in [-0.4, -0.2) is 45.1 Å². The van der Waals surface area contributed by atoms with Crippen LogP contribution in [0.3, 0.4) is 0 Å². The zero-order valence-electron chi connectivity index (χ0n) is 14.8. The van der Waals surface area contributed by atoms with E-state index in [1.54, 1.807) is 36.5 Å². The number of amides is 1. The van der Waals surface area contributed by atoms with Crippen LogP contribution in [0.5, 0.6) is 11.5 Å². The number of H-pyrrole nitrogens is 1. The minimum Gasteiger partial charge on any atom is -0.486 e. The number of benzene rings is 1. The summed E-state index contributed by atoms with van der Waals surface area (Å²) in [5.74, 6) is 1.24. The van der Waals surface area contributed by atoms with E-state index in [0.717, 1.165) is 0 Å². The predicted molar refractivity (Wildman–Crippen MR) is 99.2 cm³/mol. The maximum atomic E-state index is 12.4. The molecule has 0 saturated carbocycles. The number of rotatable bonds is 6. The summed E-state index contributed by atoms with van der Waals surface area (Å²) >= 11 is 0. The summed E-state index contributed by atoms with van der Waals surface area (Å²) in [6.45, 7) is 0.938. The zero-order chi connectivity index (χ0) is 19.3. The van der Waals surface area contributed by atoms with Gasteiger partial charge in [0.25, 0.3) is 0 Å². The topological polar surface area (TPSA) is 119 Å². The molecule has 0 fully saturated rings. The number of hydrogen-bond donors (Lipinski definition) is 2. The molecule has 142 valence electrons. The maximum absolute atomic E-state index is 12.4. The number of nitrogens with one attached hydrogen (secondary N) is 2. The van der Waals surface area contributed by atoms with Gasteiger partial charge in [0.15, 0.2) is 23.1 Å². The summed E-state index contributed by atoms with van der Waals surface area (Å²) < 4.78 is 10.9. The average Bonchev–Trinajstić information content (AvgIpc) is 3.20. The van der Waals surface area contributed by atoms with Crippen molar-refractivity contribution >= 4 is 17.6 Å². The molecule has 1 aliphatic rings. The Morgan fingerprint density at radius 1 is 1.07 bits per heavy atom. The van der Waals surface area contributed by atoms with E-state index in [1.807, 2.05) is 6.07 Å². The summed E-state index contributed by atoms with van der Waals surface area (Å²) in [6, 6.07) is 10.4. The minimum absolute atomic E-state index is 0.0146. The molecule has 1 amide bonds. The normalized spacial score (nSPS) is 12.4. The van der Waals surface area contributed by atoms with Crippen LogP contribution >= 0.6 is 0 Å². The summed E-state index contributed by atoms with van der Waals surface area (Å²) in [4.78, 5) is 32.8. The smallest absolute Gasteiger partial charge is 0.249 e. The van der Waals surface area contributed by atoms with Crippen molar-refractivity contribution in [3.05, 3.63) is 48.2 Å². The number of pyridine rings is 1. The van der Waals surface area contributed by atoms with Crippen LogP contribution in [0.2, 0.25) is 0 Å². The van der Waals surface area contributed by atoms with E-state index in [2.05, 4.69) is 25.5 Å². The number of aromatic amines is 1. The molecule has 1 aromatic carbocycles. The Hall–Kier alpha value is -3.75. The highest BCUT2D eigenvalue weighted by Crippen LogP contribution is 2.31. The number of anilines is 1. The number of hydrogen-bond acceptors (Lipinski definition) is 7. The van der Waals surface area contributed by atoms with Crippen LogP contribution in [0.4, 0.5) is 5.95 Å². The fourth-order valence-corrected chi connectivity index (χ4v) is 2.71. The first-order valence-corrected chi connectivity index (χ1v) is 8.75. The van der Waals surface area contributed by atoms with Gasteiger partial charge in [-0.05, 0) is 30.3 Å². The quantitative estimate of drug-likeness (QED) is 0.630. The van der Waals surface area contributed by atoms with Crippen molar-refractivity contribution < 1.29 is 19.1 Å². The first kappa shape index (κ1) is 17.7. The molecule has 2 aromatic heterocycles. The van der Waals surface area contributed by atoms with Gasteiger partial charge in [-0.2, -0.15) is 4.98 Å². The third-order valence-corrected chi connectivity index (χ3v) is 4.09. The SMILES string of the molecule is O=C(CCC(=O)c1ccc2c(c1)OCCO2)Nc1n[nH]c(-c2ccccn2)n1. The molecule has 0 unspecified atom stereocenters. The molecule has 2 N–H and O–H groups in total. The van der Waals surface area contributed by atoms with Crippen molar-refractivity contribution in [3.8, 4) is 23.0 Å². The number of carbonyl (C=O) groups excluding carboxylic acids is 2. The van der Waals surface area contributed by atoms with Gasteiger partial charge in [-0.25, -0.2) is 0 Å². The van der Waals surface area contributed by atoms with Crippen molar-refractivity contribution in [3.63, 3.8) is 0 Å². The highest BCUT2D eigenvalue weighted by Gasteiger charge is 2.16. The molecular weight excluding hydrogens is 362 g/mol. The van der Waals surface area contributed by atoms with E-state index in [-0.39, 0.29) is 30.5 Å². The first-order chi connectivity index (χ1) is 13.7. The van der Waals surface area contributed by atoms with Crippen LogP contribution < -0.4 is 14.8 Å². The van der Waals surface area contributed by atoms with Crippen molar-refractivity contribution in [1.29, 1.82) is 0 Å². The molecule has 0 bridgehead atoms. The van der Waals surface area contributed by atoms with Gasteiger partial charge >= 0.3 is 0 Å². The van der Waals surface area contributed by atoms with Crippen LogP contribution in [0, 0.1) is 0 Å². The number of ketones is 1. The second kappa shape index (κ2) is 7.87. The van der Waals surface area contributed by atoms with Crippen molar-refractivity contribution in [2.75, 3.05) is 18.5 Å². The molecule has 0 saturated heterocycles. The van der Waals surface area contributed by atoms with Crippen LogP contribution in [-0.2, 0) is 4.79 Å². The Morgan fingerprint density at radius 2 is 1.93 bits per heavy atom. The molecular formula is C19H17N5O4. The molecule has 0 atom stereocenters. The predicted octanol–water partition coefficient (Wildman–Crippen LogP) is 2.24. The number of Topliss-reactive ketones (excluding diaryl/α,β-unsaturated/α-hetero) is 1. The Bertz CT molecular complexity index is 1000. The van der Waals surface area contributed by atoms with E-state index >= 15 is 0 Å². The molecule has 0 aliphatic carbocycles. The molecule has 0 radical (unpaired) electrons. The van der Waals surface area contributed by atoms with Gasteiger partial charge in [0.05, 0.1) is 0 Å². The van der Waals surface area contributed by atoms with Crippen molar-refractivity contribution in [2.45, 2.75) is 12.8 Å². The lowest BCUT2D eigenvalue weighted by Crippen LogP contribution is -2.16. The number of carbonyl (C=O) groups is 2. The largest absolute Gasteiger partial charge is 0.486 e. The van der Waals surface area contributed by atoms with Gasteiger partial charge in [-0.1, -0.05) is 6.07 Å². The lowest BCUT2D eigenvalue weighted by Gasteiger charge is -2.18. The second-order valence-electron chi connectivity index (χ2n) is 6.05. The second-order valence-corrected chi connectivity index (χ2v) is 6.05. The van der Waals surface area contributed by atoms with Gasteiger partial charge in [0, 0.05) is 24.6 Å². The standard InChI is InChI=1S/C19H17N5O4/c25-14(12-4-6-15-16(11-12)28-10-9-27-15)5-7-17(26)21-19-22-18(23-24-19)13-3-1-2-8-20-13/h1-4,6,8,11H,5,7,9-10H2,(H2,21,22,23,24,26). The number of nitrogens with zero attached hydrogens (tertiary/aromatic N) is 3. The highest BCUT2D eigenvalue weighted by atomic mass is 16.6. The highest BCUT2D eigenvalue weighted by molar-refractivity contribution is 6.00. The van der Waals surface area contributed by atoms with Crippen molar-refractivity contribution in [1.82, 2.24) is 20.2 Å². The van der Waals surface area contributed by atoms with E-state index in [0.29, 0.717) is 41.8 Å². The lowest BCUT2D eigenvalue weighted by atomic mass is 10.1. The third kappa shape index (κ3) is 3.98. The number of fused-ring (bicyclic) bond motifs is 1. The fourth-order valence-electron chi connectivity index (χ4n) is 2.71. The fraction of sp³-hybridized carbons (Fsp3) is 0.211. The molecule has 0 spiro atoms. The van der Waals surface area contributed by atoms with E-state index in [1.165, 1.54) is 0 Å². The third-order valence-electron chi connectivity index (χ3n) is 4.09. The molecule has 3 heterocycles. The minimum atomic E-state index is -0.350. The van der Waals surface area contributed by atoms with Gasteiger partial charge < -0.3 is 9.47 Å². The molecule has 28 heavy (non-hydrogen) atoms. The molecule has 3 aromatic rings. The van der Waals surface area contributed by atoms with Gasteiger partial charge in [-0.15, -0.1) is 5.10 Å². The molecule has 9 nitrogen and oxygen atoms in total.